The van der Waals surface area contributed by atoms with Gasteiger partial charge in [-0.3, -0.25) is 14.2 Å². The third-order valence-corrected chi connectivity index (χ3v) is 4.43. The zero-order chi connectivity index (χ0) is 21.1. The van der Waals surface area contributed by atoms with Gasteiger partial charge >= 0.3 is 0 Å². The van der Waals surface area contributed by atoms with Crippen LogP contribution < -0.4 is 5.32 Å². The molecule has 0 saturated carbocycles. The summed E-state index contributed by atoms with van der Waals surface area (Å²) in [6.45, 7) is -0.342. The van der Waals surface area contributed by atoms with E-state index in [1.807, 2.05) is 6.07 Å². The number of halogens is 6. The Kier molecular flexibility index (Phi) is 6.43. The van der Waals surface area contributed by atoms with Gasteiger partial charge in [-0.25, -0.2) is 17.6 Å². The zero-order valence-corrected chi connectivity index (χ0v) is 16.0. The summed E-state index contributed by atoms with van der Waals surface area (Å²) in [6.07, 6.45) is -4.72. The van der Waals surface area contributed by atoms with Gasteiger partial charge in [-0.05, 0) is 17.7 Å². The first-order chi connectivity index (χ1) is 13.7. The quantitative estimate of drug-likeness (QED) is 0.519. The largest absolute Gasteiger partial charge is 0.308 e. The maximum Gasteiger partial charge on any atom is 0.283 e. The van der Waals surface area contributed by atoms with Crippen molar-refractivity contribution < 1.29 is 22.4 Å². The van der Waals surface area contributed by atoms with Gasteiger partial charge in [-0.15, -0.1) is 0 Å². The van der Waals surface area contributed by atoms with Crippen molar-refractivity contribution in [1.29, 1.82) is 0 Å². The second-order valence-corrected chi connectivity index (χ2v) is 6.73. The number of carbonyl (C=O) groups is 1. The van der Waals surface area contributed by atoms with Crippen LogP contribution in [0.25, 0.3) is 0 Å². The number of rotatable bonds is 7. The van der Waals surface area contributed by atoms with E-state index in [4.69, 9.17) is 23.2 Å². The maximum atomic E-state index is 13.1. The molecule has 1 amide bonds. The summed E-state index contributed by atoms with van der Waals surface area (Å²) in [5.74, 6) is -0.622. The molecule has 0 aliphatic heterocycles. The molecule has 0 atom stereocenters. The Hall–Kier alpha value is -2.59. The molecule has 2 heterocycles. The highest BCUT2D eigenvalue weighted by Gasteiger charge is 2.28. The van der Waals surface area contributed by atoms with Crippen LogP contribution >= 0.6 is 23.2 Å². The van der Waals surface area contributed by atoms with E-state index in [1.165, 1.54) is 10.7 Å². The van der Waals surface area contributed by atoms with Gasteiger partial charge in [-0.2, -0.15) is 10.2 Å². The zero-order valence-electron chi connectivity index (χ0n) is 14.5. The molecule has 0 saturated heterocycles. The summed E-state index contributed by atoms with van der Waals surface area (Å²) in [5.41, 5.74) is -1.06. The molecule has 0 radical (unpaired) electrons. The minimum atomic E-state index is -3.17. The SMILES string of the molecule is O=C(Cn1nc(C(F)F)c(Cl)c1C(F)F)Nc1ccn(Cc2cccc(Cl)c2)n1. The third-order valence-electron chi connectivity index (χ3n) is 3.80. The molecule has 0 fully saturated rings. The highest BCUT2D eigenvalue weighted by molar-refractivity contribution is 6.32. The molecule has 6 nitrogen and oxygen atoms in total. The summed E-state index contributed by atoms with van der Waals surface area (Å²) < 4.78 is 54.0. The van der Waals surface area contributed by atoms with Crippen molar-refractivity contribution in [3.8, 4) is 0 Å². The number of nitrogens with one attached hydrogen (secondary N) is 1. The van der Waals surface area contributed by atoms with Gasteiger partial charge in [0.05, 0.1) is 11.6 Å². The van der Waals surface area contributed by atoms with Gasteiger partial charge in [0.25, 0.3) is 12.9 Å². The second-order valence-electron chi connectivity index (χ2n) is 5.92. The topological polar surface area (TPSA) is 64.7 Å². The lowest BCUT2D eigenvalue weighted by Crippen LogP contribution is -2.21. The first-order valence-electron chi connectivity index (χ1n) is 8.14. The molecular weight excluding hydrogens is 437 g/mol. The molecule has 0 unspecified atom stereocenters. The summed E-state index contributed by atoms with van der Waals surface area (Å²) in [6, 6.07) is 8.62. The predicted molar refractivity (Wildman–Crippen MR) is 98.6 cm³/mol. The third kappa shape index (κ3) is 5.07. The molecule has 3 rings (SSSR count). The normalized spacial score (nSPS) is 11.4. The summed E-state index contributed by atoms with van der Waals surface area (Å²) in [5, 5.41) is 9.59. The number of nitrogens with zero attached hydrogens (tertiary/aromatic N) is 4. The monoisotopic (exact) mass is 449 g/mol. The Balaban J connectivity index is 1.69. The lowest BCUT2D eigenvalue weighted by Gasteiger charge is -2.07. The van der Waals surface area contributed by atoms with Gasteiger partial charge in [0, 0.05) is 17.3 Å². The second kappa shape index (κ2) is 8.83. The molecule has 1 N–H and O–H groups in total. The number of hydrogen-bond acceptors (Lipinski definition) is 3. The van der Waals surface area contributed by atoms with Crippen molar-refractivity contribution >= 4 is 34.9 Å². The molecule has 0 aliphatic carbocycles. The maximum absolute atomic E-state index is 13.1. The predicted octanol–water partition coefficient (Wildman–Crippen LogP) is 4.95. The van der Waals surface area contributed by atoms with Crippen LogP contribution in [-0.4, -0.2) is 25.5 Å². The molecule has 0 spiro atoms. The Bertz CT molecular complexity index is 1020. The Labute approximate surface area is 172 Å². The van der Waals surface area contributed by atoms with Crippen LogP contribution in [0.1, 0.15) is 29.8 Å². The molecule has 29 heavy (non-hydrogen) atoms. The van der Waals surface area contributed by atoms with Crippen LogP contribution in [0.4, 0.5) is 23.4 Å². The molecule has 0 aliphatic rings. The Morgan fingerprint density at radius 2 is 1.86 bits per heavy atom. The van der Waals surface area contributed by atoms with Crippen molar-refractivity contribution in [3.05, 3.63) is 63.5 Å². The van der Waals surface area contributed by atoms with Crippen molar-refractivity contribution in [3.63, 3.8) is 0 Å². The minimum absolute atomic E-state index is 0.156. The summed E-state index contributed by atoms with van der Waals surface area (Å²) in [4.78, 5) is 12.1. The first-order valence-corrected chi connectivity index (χ1v) is 8.90. The van der Waals surface area contributed by atoms with Crippen molar-refractivity contribution in [1.82, 2.24) is 19.6 Å². The number of alkyl halides is 4. The van der Waals surface area contributed by atoms with Crippen molar-refractivity contribution in [2.75, 3.05) is 5.32 Å². The van der Waals surface area contributed by atoms with Gasteiger partial charge in [-0.1, -0.05) is 35.3 Å². The summed E-state index contributed by atoms with van der Waals surface area (Å²) in [7, 11) is 0. The number of benzene rings is 1. The number of amides is 1. The van der Waals surface area contributed by atoms with E-state index in [2.05, 4.69) is 15.5 Å². The lowest BCUT2D eigenvalue weighted by molar-refractivity contribution is -0.117. The molecule has 2 aromatic heterocycles. The average molecular weight is 450 g/mol. The number of anilines is 1. The standard InChI is InChI=1S/C17H13Cl2F4N5O/c18-10-3-1-2-9(6-10)7-27-5-4-11(25-27)24-12(29)8-28-15(17(22)23)13(19)14(26-28)16(20)21/h1-6,16-17H,7-8H2,(H,24,25,29). The summed E-state index contributed by atoms with van der Waals surface area (Å²) >= 11 is 11.5. The van der Waals surface area contributed by atoms with Gasteiger partial charge in [0.2, 0.25) is 5.91 Å². The first kappa shape index (κ1) is 21.1. The fraction of sp³-hybridized carbons (Fsp3) is 0.235. The van der Waals surface area contributed by atoms with Crippen LogP contribution in [0.3, 0.4) is 0 Å². The van der Waals surface area contributed by atoms with E-state index in [-0.39, 0.29) is 5.82 Å². The van der Waals surface area contributed by atoms with Gasteiger partial charge in [0.15, 0.2) is 5.82 Å². The number of aromatic nitrogens is 4. The molecule has 1 aromatic carbocycles. The van der Waals surface area contributed by atoms with Crippen LogP contribution in [0.5, 0.6) is 0 Å². The Morgan fingerprint density at radius 1 is 1.10 bits per heavy atom. The van der Waals surface area contributed by atoms with E-state index >= 15 is 0 Å². The molecule has 0 bridgehead atoms. The fourth-order valence-electron chi connectivity index (χ4n) is 2.60. The average Bonchev–Trinajstić information content (AvgIpc) is 3.18. The van der Waals surface area contributed by atoms with Crippen molar-refractivity contribution in [2.24, 2.45) is 0 Å². The van der Waals surface area contributed by atoms with E-state index in [0.717, 1.165) is 5.56 Å². The number of hydrogen-bond donors (Lipinski definition) is 1. The van der Waals surface area contributed by atoms with Crippen LogP contribution in [0.15, 0.2) is 36.5 Å². The molecular formula is C17H13Cl2F4N5O. The highest BCUT2D eigenvalue weighted by Crippen LogP contribution is 2.34. The lowest BCUT2D eigenvalue weighted by atomic mass is 10.2. The minimum Gasteiger partial charge on any atom is -0.308 e. The van der Waals surface area contributed by atoms with Crippen molar-refractivity contribution in [2.45, 2.75) is 25.9 Å². The fourth-order valence-corrected chi connectivity index (χ4v) is 3.11. The molecule has 3 aromatic rings. The van der Waals surface area contributed by atoms with Gasteiger partial charge in [0.1, 0.15) is 17.9 Å². The highest BCUT2D eigenvalue weighted by atomic mass is 35.5. The smallest absolute Gasteiger partial charge is 0.283 e. The van der Waals surface area contributed by atoms with Crippen LogP contribution in [-0.2, 0) is 17.9 Å². The molecule has 154 valence electrons. The Morgan fingerprint density at radius 3 is 2.52 bits per heavy atom. The van der Waals surface area contributed by atoms with Crippen LogP contribution in [0.2, 0.25) is 10.0 Å². The van der Waals surface area contributed by atoms with E-state index in [9.17, 15) is 22.4 Å². The van der Waals surface area contributed by atoms with E-state index in [1.54, 1.807) is 24.4 Å². The van der Waals surface area contributed by atoms with E-state index in [0.29, 0.717) is 16.2 Å². The molecule has 12 heteroatoms. The van der Waals surface area contributed by atoms with Crippen LogP contribution in [0, 0.1) is 0 Å². The van der Waals surface area contributed by atoms with E-state index < -0.39 is 41.7 Å². The van der Waals surface area contributed by atoms with Gasteiger partial charge < -0.3 is 5.32 Å². The number of carbonyl (C=O) groups excluding carboxylic acids is 1.